The monoisotopic (exact) mass is 150 g/mol. The number of furan rings is 1. The van der Waals surface area contributed by atoms with E-state index in [4.69, 9.17) is 4.42 Å². The van der Waals surface area contributed by atoms with Gasteiger partial charge in [-0.05, 0) is 6.07 Å². The molecule has 0 aromatic carbocycles. The maximum absolute atomic E-state index is 10.5. The van der Waals surface area contributed by atoms with E-state index in [0.717, 1.165) is 0 Å². The van der Waals surface area contributed by atoms with Crippen LogP contribution in [0.15, 0.2) is 23.0 Å². The number of hydrogen-bond acceptors (Lipinski definition) is 3. The van der Waals surface area contributed by atoms with Crippen molar-refractivity contribution in [3.05, 3.63) is 24.2 Å². The molecule has 0 saturated heterocycles. The third-order valence-corrected chi connectivity index (χ3v) is 1.02. The summed E-state index contributed by atoms with van der Waals surface area (Å²) in [5.41, 5.74) is 0.662. The Hall–Kier alpha value is -1.69. The molecule has 0 aliphatic carbocycles. The van der Waals surface area contributed by atoms with Gasteiger partial charge in [-0.3, -0.25) is 0 Å². The first-order valence-corrected chi connectivity index (χ1v) is 2.95. The Morgan fingerprint density at radius 1 is 1.73 bits per heavy atom. The predicted octanol–water partition coefficient (Wildman–Crippen LogP) is 0.804. The highest BCUT2D eigenvalue weighted by Crippen LogP contribution is 1.95. The van der Waals surface area contributed by atoms with Crippen molar-refractivity contribution in [3.8, 4) is 11.8 Å². The zero-order chi connectivity index (χ0) is 8.10. The lowest BCUT2D eigenvalue weighted by Crippen LogP contribution is -1.94. The molecule has 0 aliphatic rings. The van der Waals surface area contributed by atoms with Gasteiger partial charge in [-0.25, -0.2) is 4.79 Å². The summed E-state index contributed by atoms with van der Waals surface area (Å²) in [6.45, 7) is 0. The predicted molar refractivity (Wildman–Crippen MR) is 37.6 cm³/mol. The number of carbonyl (C=O) groups is 1. The maximum atomic E-state index is 10.5. The number of methoxy groups -OCH3 is 1. The molecule has 0 spiro atoms. The van der Waals surface area contributed by atoms with E-state index < -0.39 is 5.97 Å². The van der Waals surface area contributed by atoms with Crippen LogP contribution in [0.4, 0.5) is 0 Å². The summed E-state index contributed by atoms with van der Waals surface area (Å²) in [6, 6.07) is 1.66. The second kappa shape index (κ2) is 3.47. The Morgan fingerprint density at radius 2 is 2.55 bits per heavy atom. The molecule has 0 fully saturated rings. The van der Waals surface area contributed by atoms with Gasteiger partial charge in [0, 0.05) is 5.92 Å². The zero-order valence-electron chi connectivity index (χ0n) is 5.96. The number of carbonyl (C=O) groups excluding carboxylic acids is 1. The van der Waals surface area contributed by atoms with Crippen LogP contribution in [-0.2, 0) is 9.53 Å². The summed E-state index contributed by atoms with van der Waals surface area (Å²) < 4.78 is 9.03. The highest BCUT2D eigenvalue weighted by molar-refractivity contribution is 5.88. The molecule has 3 nitrogen and oxygen atoms in total. The Kier molecular flexibility index (Phi) is 2.34. The molecule has 56 valence electrons. The topological polar surface area (TPSA) is 39.4 Å². The molecule has 0 saturated carbocycles. The molecule has 0 unspecified atom stereocenters. The first-order chi connectivity index (χ1) is 5.33. The van der Waals surface area contributed by atoms with Crippen LogP contribution >= 0.6 is 0 Å². The van der Waals surface area contributed by atoms with Gasteiger partial charge in [0.1, 0.15) is 6.26 Å². The standard InChI is InChI=1S/C8H6O3/c1-10-8(9)3-2-7-4-5-11-6-7/h4-6H,1H3. The molecule has 1 heterocycles. The molecule has 11 heavy (non-hydrogen) atoms. The molecular formula is C8H6O3. The Morgan fingerprint density at radius 3 is 3.09 bits per heavy atom. The zero-order valence-corrected chi connectivity index (χ0v) is 5.96. The summed E-state index contributed by atoms with van der Waals surface area (Å²) in [7, 11) is 1.28. The summed E-state index contributed by atoms with van der Waals surface area (Å²) in [5, 5.41) is 0. The number of ether oxygens (including phenoxy) is 1. The molecular weight excluding hydrogens is 144 g/mol. The van der Waals surface area contributed by atoms with E-state index in [1.807, 2.05) is 0 Å². The maximum Gasteiger partial charge on any atom is 0.384 e. The van der Waals surface area contributed by atoms with E-state index in [-0.39, 0.29) is 0 Å². The summed E-state index contributed by atoms with van der Waals surface area (Å²) in [4.78, 5) is 10.5. The van der Waals surface area contributed by atoms with E-state index in [9.17, 15) is 4.79 Å². The molecule has 0 bridgehead atoms. The minimum absolute atomic E-state index is 0.550. The number of hydrogen-bond donors (Lipinski definition) is 0. The van der Waals surface area contributed by atoms with Crippen molar-refractivity contribution in [1.29, 1.82) is 0 Å². The minimum Gasteiger partial charge on any atom is -0.471 e. The second-order valence-corrected chi connectivity index (χ2v) is 1.75. The fourth-order valence-corrected chi connectivity index (χ4v) is 0.510. The van der Waals surface area contributed by atoms with E-state index in [1.54, 1.807) is 6.07 Å². The molecule has 1 aromatic rings. The smallest absolute Gasteiger partial charge is 0.384 e. The first-order valence-electron chi connectivity index (χ1n) is 2.95. The van der Waals surface area contributed by atoms with Crippen molar-refractivity contribution in [2.24, 2.45) is 0 Å². The van der Waals surface area contributed by atoms with Crippen LogP contribution in [0.5, 0.6) is 0 Å². The normalized spacial score (nSPS) is 8.09. The van der Waals surface area contributed by atoms with Crippen LogP contribution in [0.1, 0.15) is 5.56 Å². The average Bonchev–Trinajstić information content (AvgIpc) is 2.52. The van der Waals surface area contributed by atoms with Crippen LogP contribution in [0.3, 0.4) is 0 Å². The van der Waals surface area contributed by atoms with Crippen LogP contribution in [-0.4, -0.2) is 13.1 Å². The molecule has 0 N–H and O–H groups in total. The molecule has 3 heteroatoms. The Labute approximate surface area is 64.0 Å². The van der Waals surface area contributed by atoms with Crippen LogP contribution in [0.2, 0.25) is 0 Å². The van der Waals surface area contributed by atoms with Crippen molar-refractivity contribution < 1.29 is 13.9 Å². The lowest BCUT2D eigenvalue weighted by atomic mass is 10.3. The second-order valence-electron chi connectivity index (χ2n) is 1.75. The SMILES string of the molecule is COC(=O)C#Cc1ccoc1. The Bertz CT molecular complexity index is 287. The van der Waals surface area contributed by atoms with Gasteiger partial charge in [0.15, 0.2) is 0 Å². The highest BCUT2D eigenvalue weighted by Gasteiger charge is 1.90. The van der Waals surface area contributed by atoms with Gasteiger partial charge in [0.2, 0.25) is 0 Å². The van der Waals surface area contributed by atoms with Gasteiger partial charge >= 0.3 is 5.97 Å². The van der Waals surface area contributed by atoms with E-state index in [0.29, 0.717) is 5.56 Å². The summed E-state index contributed by atoms with van der Waals surface area (Å²) in [5.74, 6) is 4.27. The summed E-state index contributed by atoms with van der Waals surface area (Å²) in [6.07, 6.45) is 2.94. The fourth-order valence-electron chi connectivity index (χ4n) is 0.510. The number of rotatable bonds is 0. The lowest BCUT2D eigenvalue weighted by Gasteiger charge is -1.82. The number of esters is 1. The van der Waals surface area contributed by atoms with E-state index >= 15 is 0 Å². The molecule has 0 radical (unpaired) electrons. The minimum atomic E-state index is -0.550. The van der Waals surface area contributed by atoms with Crippen LogP contribution in [0, 0.1) is 11.8 Å². The molecule has 1 rings (SSSR count). The van der Waals surface area contributed by atoms with Crippen LogP contribution < -0.4 is 0 Å². The largest absolute Gasteiger partial charge is 0.471 e. The van der Waals surface area contributed by atoms with Gasteiger partial charge in [0.05, 0.1) is 18.9 Å². The highest BCUT2D eigenvalue weighted by atomic mass is 16.5. The third-order valence-electron chi connectivity index (χ3n) is 1.02. The van der Waals surface area contributed by atoms with Crippen molar-refractivity contribution in [2.75, 3.05) is 7.11 Å². The van der Waals surface area contributed by atoms with Crippen molar-refractivity contribution >= 4 is 5.97 Å². The lowest BCUT2D eigenvalue weighted by molar-refractivity contribution is -0.133. The van der Waals surface area contributed by atoms with E-state index in [1.165, 1.54) is 19.6 Å². The van der Waals surface area contributed by atoms with Gasteiger partial charge < -0.3 is 9.15 Å². The molecule has 1 aromatic heterocycles. The van der Waals surface area contributed by atoms with Gasteiger partial charge in [0.25, 0.3) is 0 Å². The van der Waals surface area contributed by atoms with Gasteiger partial charge in [-0.2, -0.15) is 0 Å². The molecule has 0 aliphatic heterocycles. The first kappa shape index (κ1) is 7.42. The van der Waals surface area contributed by atoms with Gasteiger partial charge in [-0.15, -0.1) is 0 Å². The van der Waals surface area contributed by atoms with Crippen molar-refractivity contribution in [2.45, 2.75) is 0 Å². The molecule has 0 atom stereocenters. The summed E-state index contributed by atoms with van der Waals surface area (Å²) >= 11 is 0. The average molecular weight is 150 g/mol. The Balaban J connectivity index is 2.66. The third kappa shape index (κ3) is 2.18. The fraction of sp³-hybridized carbons (Fsp3) is 0.125. The van der Waals surface area contributed by atoms with E-state index in [2.05, 4.69) is 16.6 Å². The molecule has 0 amide bonds. The van der Waals surface area contributed by atoms with Crippen molar-refractivity contribution in [1.82, 2.24) is 0 Å². The van der Waals surface area contributed by atoms with Gasteiger partial charge in [-0.1, -0.05) is 5.92 Å². The van der Waals surface area contributed by atoms with Crippen LogP contribution in [0.25, 0.3) is 0 Å². The quantitative estimate of drug-likeness (QED) is 0.405. The van der Waals surface area contributed by atoms with Crippen molar-refractivity contribution in [3.63, 3.8) is 0 Å².